The summed E-state index contributed by atoms with van der Waals surface area (Å²) in [5.74, 6) is 1.03. The van der Waals surface area contributed by atoms with Gasteiger partial charge < -0.3 is 20.9 Å². The van der Waals surface area contributed by atoms with Gasteiger partial charge in [-0.25, -0.2) is 4.98 Å². The van der Waals surface area contributed by atoms with Crippen molar-refractivity contribution in [1.82, 2.24) is 9.97 Å². The van der Waals surface area contributed by atoms with E-state index in [1.807, 2.05) is 6.92 Å². The topological polar surface area (TPSA) is 93.3 Å². The summed E-state index contributed by atoms with van der Waals surface area (Å²) >= 11 is 0. The molecule has 0 bridgehead atoms. The van der Waals surface area contributed by atoms with E-state index in [0.29, 0.717) is 24.0 Å². The molecule has 114 valence electrons. The van der Waals surface area contributed by atoms with Gasteiger partial charge in [0.25, 0.3) is 0 Å². The molecule has 0 aromatic carbocycles. The number of aliphatic hydroxyl groups is 1. The molecular weight excluding hydrogens is 256 g/mol. The zero-order valence-corrected chi connectivity index (χ0v) is 12.6. The maximum Gasteiger partial charge on any atom is 0.242 e. The molecule has 4 N–H and O–H groups in total. The normalized spacial score (nSPS) is 11.4. The minimum Gasteiger partial charge on any atom is -0.476 e. The van der Waals surface area contributed by atoms with Gasteiger partial charge in [-0.2, -0.15) is 4.98 Å². The van der Waals surface area contributed by atoms with E-state index < -0.39 is 0 Å². The van der Waals surface area contributed by atoms with E-state index in [9.17, 15) is 0 Å². The highest BCUT2D eigenvalue weighted by molar-refractivity contribution is 5.66. The van der Waals surface area contributed by atoms with Crippen LogP contribution in [0.15, 0.2) is 6.33 Å². The van der Waals surface area contributed by atoms with Gasteiger partial charge in [-0.05, 0) is 24.7 Å². The minimum absolute atomic E-state index is 0.0601. The molecule has 0 atom stereocenters. The van der Waals surface area contributed by atoms with Crippen molar-refractivity contribution in [3.8, 4) is 5.88 Å². The molecule has 1 heterocycles. The summed E-state index contributed by atoms with van der Waals surface area (Å²) in [5, 5.41) is 12.1. The molecule has 0 fully saturated rings. The lowest BCUT2D eigenvalue weighted by atomic mass is 9.88. The van der Waals surface area contributed by atoms with Crippen LogP contribution in [0.5, 0.6) is 5.88 Å². The summed E-state index contributed by atoms with van der Waals surface area (Å²) in [5.41, 5.74) is 6.50. The Morgan fingerprint density at radius 1 is 1.40 bits per heavy atom. The van der Waals surface area contributed by atoms with Crippen molar-refractivity contribution < 1.29 is 9.84 Å². The van der Waals surface area contributed by atoms with Crippen LogP contribution in [0.4, 0.5) is 11.5 Å². The first-order chi connectivity index (χ1) is 9.50. The Hall–Kier alpha value is -1.56. The van der Waals surface area contributed by atoms with E-state index >= 15 is 0 Å². The summed E-state index contributed by atoms with van der Waals surface area (Å²) in [7, 11) is 0. The molecule has 1 aromatic rings. The van der Waals surface area contributed by atoms with Gasteiger partial charge in [0.1, 0.15) is 12.0 Å². The predicted octanol–water partition coefficient (Wildman–Crippen LogP) is 2.06. The highest BCUT2D eigenvalue weighted by Crippen LogP contribution is 2.27. The minimum atomic E-state index is 0.0601. The van der Waals surface area contributed by atoms with E-state index in [1.165, 1.54) is 6.33 Å². The van der Waals surface area contributed by atoms with Crippen molar-refractivity contribution in [2.45, 2.75) is 40.0 Å². The lowest BCUT2D eigenvalue weighted by molar-refractivity contribution is 0.248. The summed E-state index contributed by atoms with van der Waals surface area (Å²) in [6.07, 6.45) is 4.07. The first kappa shape index (κ1) is 16.5. The van der Waals surface area contributed by atoms with Crippen molar-refractivity contribution in [1.29, 1.82) is 0 Å². The third kappa shape index (κ3) is 5.21. The molecule has 1 aromatic heterocycles. The van der Waals surface area contributed by atoms with Gasteiger partial charge in [0.2, 0.25) is 5.88 Å². The zero-order chi connectivity index (χ0) is 15.0. The van der Waals surface area contributed by atoms with Gasteiger partial charge >= 0.3 is 0 Å². The molecule has 6 nitrogen and oxygen atoms in total. The number of ether oxygens (including phenoxy) is 1. The van der Waals surface area contributed by atoms with Crippen LogP contribution in [-0.4, -0.2) is 34.8 Å². The second kappa shape index (κ2) is 7.89. The maximum absolute atomic E-state index is 8.90. The number of nitrogens with one attached hydrogen (secondary N) is 1. The number of hydrogen-bond donors (Lipinski definition) is 3. The number of nitrogens with two attached hydrogens (primary N) is 1. The Morgan fingerprint density at radius 3 is 2.80 bits per heavy atom. The largest absolute Gasteiger partial charge is 0.476 e. The van der Waals surface area contributed by atoms with Crippen molar-refractivity contribution >= 4 is 11.5 Å². The van der Waals surface area contributed by atoms with Crippen molar-refractivity contribution in [3.05, 3.63) is 6.33 Å². The molecule has 0 saturated carbocycles. The SMILES string of the molecule is CCCOc1ncnc(NCC(C)(C)CCCO)c1N. The van der Waals surface area contributed by atoms with E-state index in [1.54, 1.807) is 0 Å². The maximum atomic E-state index is 8.90. The van der Waals surface area contributed by atoms with Crippen molar-refractivity contribution in [2.75, 3.05) is 30.8 Å². The van der Waals surface area contributed by atoms with E-state index in [2.05, 4.69) is 29.1 Å². The van der Waals surface area contributed by atoms with Crippen LogP contribution in [0.3, 0.4) is 0 Å². The molecule has 0 amide bonds. The van der Waals surface area contributed by atoms with Gasteiger partial charge in [0, 0.05) is 13.2 Å². The van der Waals surface area contributed by atoms with Crippen molar-refractivity contribution in [3.63, 3.8) is 0 Å². The molecule has 0 aliphatic rings. The predicted molar refractivity (Wildman–Crippen MR) is 80.8 cm³/mol. The standard InChI is InChI=1S/C14H26N4O2/c1-4-8-20-13-11(15)12(17-10-18-13)16-9-14(2,3)6-5-7-19/h10,19H,4-9,15H2,1-3H3,(H,16,17,18). The Labute approximate surface area is 120 Å². The van der Waals surface area contributed by atoms with Gasteiger partial charge in [0.15, 0.2) is 5.82 Å². The van der Waals surface area contributed by atoms with Crippen LogP contribution < -0.4 is 15.8 Å². The van der Waals surface area contributed by atoms with E-state index in [0.717, 1.165) is 25.8 Å². The first-order valence-electron chi connectivity index (χ1n) is 7.08. The lowest BCUT2D eigenvalue weighted by Gasteiger charge is -2.25. The van der Waals surface area contributed by atoms with Crippen LogP contribution in [0.1, 0.15) is 40.0 Å². The van der Waals surface area contributed by atoms with Crippen LogP contribution in [0.2, 0.25) is 0 Å². The molecule has 0 radical (unpaired) electrons. The lowest BCUT2D eigenvalue weighted by Crippen LogP contribution is -2.24. The van der Waals surface area contributed by atoms with Gasteiger partial charge in [-0.15, -0.1) is 0 Å². The second-order valence-corrected chi connectivity index (χ2v) is 5.63. The third-order valence-electron chi connectivity index (χ3n) is 3.04. The fourth-order valence-corrected chi connectivity index (χ4v) is 1.80. The molecule has 1 rings (SSSR count). The Balaban J connectivity index is 2.63. The third-order valence-corrected chi connectivity index (χ3v) is 3.04. The van der Waals surface area contributed by atoms with Crippen molar-refractivity contribution in [2.24, 2.45) is 5.41 Å². The average Bonchev–Trinajstić information content (AvgIpc) is 2.43. The molecule has 0 unspecified atom stereocenters. The number of aromatic nitrogens is 2. The van der Waals surface area contributed by atoms with Gasteiger partial charge in [-0.3, -0.25) is 0 Å². The summed E-state index contributed by atoms with van der Waals surface area (Å²) < 4.78 is 5.47. The van der Waals surface area contributed by atoms with Gasteiger partial charge in [-0.1, -0.05) is 20.8 Å². The fraction of sp³-hybridized carbons (Fsp3) is 0.714. The highest BCUT2D eigenvalue weighted by atomic mass is 16.5. The molecule has 6 heteroatoms. The highest BCUT2D eigenvalue weighted by Gasteiger charge is 2.18. The fourth-order valence-electron chi connectivity index (χ4n) is 1.80. The monoisotopic (exact) mass is 282 g/mol. The second-order valence-electron chi connectivity index (χ2n) is 5.63. The molecular formula is C14H26N4O2. The molecule has 0 aliphatic carbocycles. The molecule has 0 saturated heterocycles. The molecule has 20 heavy (non-hydrogen) atoms. The Bertz CT molecular complexity index is 410. The van der Waals surface area contributed by atoms with Crippen LogP contribution in [0, 0.1) is 5.41 Å². The van der Waals surface area contributed by atoms with E-state index in [-0.39, 0.29) is 12.0 Å². The smallest absolute Gasteiger partial charge is 0.242 e. The Kier molecular flexibility index (Phi) is 6.51. The average molecular weight is 282 g/mol. The summed E-state index contributed by atoms with van der Waals surface area (Å²) in [6.45, 7) is 7.83. The summed E-state index contributed by atoms with van der Waals surface area (Å²) in [4.78, 5) is 8.19. The number of aliphatic hydroxyl groups excluding tert-OH is 1. The van der Waals surface area contributed by atoms with Crippen LogP contribution in [-0.2, 0) is 0 Å². The quantitative estimate of drug-likeness (QED) is 0.642. The zero-order valence-electron chi connectivity index (χ0n) is 12.6. The van der Waals surface area contributed by atoms with Crippen LogP contribution >= 0.6 is 0 Å². The summed E-state index contributed by atoms with van der Waals surface area (Å²) in [6, 6.07) is 0. The number of nitrogens with zero attached hydrogens (tertiary/aromatic N) is 2. The number of rotatable bonds is 9. The number of hydrogen-bond acceptors (Lipinski definition) is 6. The number of anilines is 2. The molecule has 0 aliphatic heterocycles. The van der Waals surface area contributed by atoms with Crippen LogP contribution in [0.25, 0.3) is 0 Å². The molecule has 0 spiro atoms. The Morgan fingerprint density at radius 2 is 2.15 bits per heavy atom. The van der Waals surface area contributed by atoms with Gasteiger partial charge in [0.05, 0.1) is 6.61 Å². The number of nitrogen functional groups attached to an aromatic ring is 1. The van der Waals surface area contributed by atoms with E-state index in [4.69, 9.17) is 15.6 Å². The first-order valence-corrected chi connectivity index (χ1v) is 7.08.